The van der Waals surface area contributed by atoms with E-state index in [2.05, 4.69) is 45.3 Å². The van der Waals surface area contributed by atoms with Crippen molar-refractivity contribution in [3.05, 3.63) is 46.5 Å². The second-order valence-electron chi connectivity index (χ2n) is 7.28. The van der Waals surface area contributed by atoms with E-state index < -0.39 is 0 Å². The van der Waals surface area contributed by atoms with Crippen molar-refractivity contribution in [2.24, 2.45) is 4.99 Å². The molecule has 0 amide bonds. The quantitative estimate of drug-likeness (QED) is 0.239. The van der Waals surface area contributed by atoms with Gasteiger partial charge < -0.3 is 15.2 Å². The maximum absolute atomic E-state index is 6.11. The summed E-state index contributed by atoms with van der Waals surface area (Å²) in [5.74, 6) is 3.09. The standard InChI is InChI=1S/C21H31ClN6.HI/c1-3-23-21(25-16(2)17-9-7-10-18(22)15-17)24-13-8-12-20-27-26-19-11-5-4-6-14-28(19)20;/h7,9-10,15-16H,3-6,8,11-14H2,1-2H3,(H2,23,24,25);1H. The highest BCUT2D eigenvalue weighted by Crippen LogP contribution is 2.17. The van der Waals surface area contributed by atoms with Crippen LogP contribution in [-0.4, -0.2) is 33.8 Å². The number of hydrogen-bond donors (Lipinski definition) is 2. The minimum Gasteiger partial charge on any atom is -0.357 e. The number of aliphatic imine (C=N–C) groups is 1. The van der Waals surface area contributed by atoms with E-state index in [1.165, 1.54) is 19.3 Å². The number of halogens is 2. The van der Waals surface area contributed by atoms with Crippen LogP contribution < -0.4 is 10.6 Å². The fraction of sp³-hybridized carbons (Fsp3) is 0.571. The molecule has 2 heterocycles. The smallest absolute Gasteiger partial charge is 0.191 e. The molecule has 3 rings (SSSR count). The molecule has 0 saturated heterocycles. The van der Waals surface area contributed by atoms with Crippen LogP contribution in [0.4, 0.5) is 0 Å². The lowest BCUT2D eigenvalue weighted by Gasteiger charge is -2.18. The Labute approximate surface area is 195 Å². The zero-order valence-corrected chi connectivity index (χ0v) is 20.4. The van der Waals surface area contributed by atoms with E-state index in [9.17, 15) is 0 Å². The molecule has 2 N–H and O–H groups in total. The van der Waals surface area contributed by atoms with Gasteiger partial charge in [-0.25, -0.2) is 0 Å². The maximum Gasteiger partial charge on any atom is 0.191 e. The number of benzene rings is 1. The van der Waals surface area contributed by atoms with Crippen molar-refractivity contribution in [3.63, 3.8) is 0 Å². The van der Waals surface area contributed by atoms with Crippen LogP contribution in [-0.2, 0) is 19.4 Å². The zero-order valence-electron chi connectivity index (χ0n) is 17.3. The molecule has 0 radical (unpaired) electrons. The molecule has 0 bridgehead atoms. The Hall–Kier alpha value is -1.35. The van der Waals surface area contributed by atoms with Gasteiger partial charge in [0.1, 0.15) is 11.6 Å². The first-order valence-corrected chi connectivity index (χ1v) is 10.8. The Morgan fingerprint density at radius 3 is 2.93 bits per heavy atom. The molecule has 0 saturated carbocycles. The zero-order chi connectivity index (χ0) is 19.8. The second kappa shape index (κ2) is 12.4. The van der Waals surface area contributed by atoms with Crippen molar-refractivity contribution in [2.75, 3.05) is 13.1 Å². The van der Waals surface area contributed by atoms with Crippen LogP contribution in [0.15, 0.2) is 29.3 Å². The van der Waals surface area contributed by atoms with Gasteiger partial charge in [0.05, 0.1) is 6.04 Å². The van der Waals surface area contributed by atoms with Crippen LogP contribution in [0.3, 0.4) is 0 Å². The average molecular weight is 531 g/mol. The first kappa shape index (κ1) is 23.9. The van der Waals surface area contributed by atoms with E-state index in [1.54, 1.807) is 0 Å². The Bertz CT molecular complexity index is 791. The first-order chi connectivity index (χ1) is 13.7. The summed E-state index contributed by atoms with van der Waals surface area (Å²) in [4.78, 5) is 4.74. The third-order valence-electron chi connectivity index (χ3n) is 5.06. The highest BCUT2D eigenvalue weighted by atomic mass is 127. The van der Waals surface area contributed by atoms with Gasteiger partial charge in [0.15, 0.2) is 5.96 Å². The molecule has 0 fully saturated rings. The van der Waals surface area contributed by atoms with Gasteiger partial charge in [0.25, 0.3) is 0 Å². The Kier molecular flexibility index (Phi) is 10.2. The third kappa shape index (κ3) is 7.13. The molecule has 160 valence electrons. The van der Waals surface area contributed by atoms with E-state index in [0.717, 1.165) is 67.1 Å². The number of rotatable bonds is 7. The van der Waals surface area contributed by atoms with Crippen LogP contribution in [0.2, 0.25) is 5.02 Å². The van der Waals surface area contributed by atoms with E-state index in [1.807, 2.05) is 18.2 Å². The van der Waals surface area contributed by atoms with Crippen LogP contribution >= 0.6 is 35.6 Å². The molecular formula is C21H32ClIN6. The monoisotopic (exact) mass is 530 g/mol. The van der Waals surface area contributed by atoms with Gasteiger partial charge in [-0.2, -0.15) is 0 Å². The van der Waals surface area contributed by atoms with Crippen molar-refractivity contribution in [3.8, 4) is 0 Å². The minimum atomic E-state index is 0. The molecule has 1 unspecified atom stereocenters. The summed E-state index contributed by atoms with van der Waals surface area (Å²) in [7, 11) is 0. The van der Waals surface area contributed by atoms with Gasteiger partial charge in [0, 0.05) is 37.5 Å². The Morgan fingerprint density at radius 1 is 1.28 bits per heavy atom. The van der Waals surface area contributed by atoms with Crippen molar-refractivity contribution in [1.82, 2.24) is 25.4 Å². The molecule has 6 nitrogen and oxygen atoms in total. The van der Waals surface area contributed by atoms with Crippen LogP contribution in [0, 0.1) is 0 Å². The Balaban J connectivity index is 0.00000300. The molecule has 1 atom stereocenters. The summed E-state index contributed by atoms with van der Waals surface area (Å²) in [5.41, 5.74) is 1.14. The molecule has 8 heteroatoms. The summed E-state index contributed by atoms with van der Waals surface area (Å²) in [6.07, 6.45) is 6.67. The topological polar surface area (TPSA) is 67.1 Å². The van der Waals surface area contributed by atoms with E-state index in [0.29, 0.717) is 0 Å². The predicted molar refractivity (Wildman–Crippen MR) is 130 cm³/mol. The molecular weight excluding hydrogens is 499 g/mol. The van der Waals surface area contributed by atoms with Gasteiger partial charge in [-0.05, 0) is 50.8 Å². The van der Waals surface area contributed by atoms with Crippen LogP contribution in [0.1, 0.15) is 62.8 Å². The SMILES string of the molecule is CCNC(=NCCCc1nnc2n1CCCCC2)NC(C)c1cccc(Cl)c1.I. The highest BCUT2D eigenvalue weighted by Gasteiger charge is 2.14. The third-order valence-corrected chi connectivity index (χ3v) is 5.30. The number of aryl methyl sites for hydroxylation is 2. The maximum atomic E-state index is 6.11. The molecule has 1 aromatic carbocycles. The predicted octanol–water partition coefficient (Wildman–Crippen LogP) is 4.52. The van der Waals surface area contributed by atoms with Crippen molar-refractivity contribution >= 4 is 41.5 Å². The number of nitrogens with zero attached hydrogens (tertiary/aromatic N) is 4. The van der Waals surface area contributed by atoms with E-state index in [-0.39, 0.29) is 30.0 Å². The first-order valence-electron chi connectivity index (χ1n) is 10.4. The van der Waals surface area contributed by atoms with Gasteiger partial charge in [-0.3, -0.25) is 4.99 Å². The second-order valence-corrected chi connectivity index (χ2v) is 7.72. The van der Waals surface area contributed by atoms with Crippen molar-refractivity contribution in [1.29, 1.82) is 0 Å². The van der Waals surface area contributed by atoms with Gasteiger partial charge in [-0.15, -0.1) is 34.2 Å². The summed E-state index contributed by atoms with van der Waals surface area (Å²) in [6, 6.07) is 8.05. The molecule has 1 aliphatic rings. The van der Waals surface area contributed by atoms with E-state index in [4.69, 9.17) is 16.6 Å². The van der Waals surface area contributed by atoms with Crippen molar-refractivity contribution < 1.29 is 0 Å². The number of nitrogens with one attached hydrogen (secondary N) is 2. The lowest BCUT2D eigenvalue weighted by molar-refractivity contribution is 0.597. The lowest BCUT2D eigenvalue weighted by atomic mass is 10.1. The molecule has 0 aliphatic carbocycles. The fourth-order valence-electron chi connectivity index (χ4n) is 3.54. The minimum absolute atomic E-state index is 0. The molecule has 29 heavy (non-hydrogen) atoms. The van der Waals surface area contributed by atoms with Crippen molar-refractivity contribution in [2.45, 2.75) is 65.0 Å². The number of fused-ring (bicyclic) bond motifs is 1. The number of aromatic nitrogens is 3. The number of hydrogen-bond acceptors (Lipinski definition) is 3. The Morgan fingerprint density at radius 2 is 2.14 bits per heavy atom. The molecule has 1 aromatic heterocycles. The highest BCUT2D eigenvalue weighted by molar-refractivity contribution is 14.0. The average Bonchev–Trinajstić information content (AvgIpc) is 2.91. The summed E-state index contributed by atoms with van der Waals surface area (Å²) in [5, 5.41) is 16.3. The summed E-state index contributed by atoms with van der Waals surface area (Å²) >= 11 is 6.11. The van der Waals surface area contributed by atoms with Gasteiger partial charge in [-0.1, -0.05) is 30.2 Å². The number of guanidine groups is 1. The molecule has 2 aromatic rings. The van der Waals surface area contributed by atoms with E-state index >= 15 is 0 Å². The van der Waals surface area contributed by atoms with Crippen LogP contribution in [0.25, 0.3) is 0 Å². The normalized spacial score (nSPS) is 15.1. The van der Waals surface area contributed by atoms with Gasteiger partial charge in [0.2, 0.25) is 0 Å². The summed E-state index contributed by atoms with van der Waals surface area (Å²) in [6.45, 7) is 6.82. The molecule has 0 spiro atoms. The summed E-state index contributed by atoms with van der Waals surface area (Å²) < 4.78 is 2.32. The largest absolute Gasteiger partial charge is 0.357 e. The lowest BCUT2D eigenvalue weighted by Crippen LogP contribution is -2.38. The molecule has 1 aliphatic heterocycles. The fourth-order valence-corrected chi connectivity index (χ4v) is 3.74. The van der Waals surface area contributed by atoms with Crippen LogP contribution in [0.5, 0.6) is 0 Å². The van der Waals surface area contributed by atoms with Gasteiger partial charge >= 0.3 is 0 Å².